The van der Waals surface area contributed by atoms with Crippen LogP contribution in [0.15, 0.2) is 146 Å². The Kier molecular flexibility index (Phi) is 8.31. The first-order chi connectivity index (χ1) is 21.9. The molecule has 0 bridgehead atoms. The van der Waals surface area contributed by atoms with Crippen molar-refractivity contribution < 1.29 is 18.9 Å². The van der Waals surface area contributed by atoms with E-state index in [4.69, 9.17) is 18.9 Å². The molecule has 45 heavy (non-hydrogen) atoms. The number of ether oxygens (including phenoxy) is 4. The van der Waals surface area contributed by atoms with Crippen LogP contribution in [0, 0.1) is 0 Å². The normalized spacial score (nSPS) is 12.8. The van der Waals surface area contributed by atoms with Gasteiger partial charge in [-0.05, 0) is 71.9 Å². The van der Waals surface area contributed by atoms with E-state index >= 15 is 0 Å². The predicted octanol–water partition coefficient (Wildman–Crippen LogP) is 5.95. The molecular weight excluding hydrogens is 593 g/mol. The highest BCUT2D eigenvalue weighted by molar-refractivity contribution is 7.80. The molecule has 7 heteroatoms. The minimum atomic E-state index is -0.968. The van der Waals surface area contributed by atoms with Crippen LogP contribution in [0.5, 0.6) is 23.0 Å². The molecule has 6 aromatic carbocycles. The molecule has 0 saturated heterocycles. The molecule has 2 heterocycles. The van der Waals surface area contributed by atoms with Crippen molar-refractivity contribution in [2.24, 2.45) is 0 Å². The van der Waals surface area contributed by atoms with Gasteiger partial charge in [0.1, 0.15) is 0 Å². The molecule has 0 saturated carbocycles. The van der Waals surface area contributed by atoms with Crippen LogP contribution >= 0.6 is 15.8 Å². The Morgan fingerprint density at radius 2 is 0.667 bits per heavy atom. The summed E-state index contributed by atoms with van der Waals surface area (Å²) in [6.07, 6.45) is 0. The first-order valence-electron chi connectivity index (χ1n) is 14.5. The fourth-order valence-electron chi connectivity index (χ4n) is 5.94. The molecule has 3 radical (unpaired) electrons. The molecule has 217 valence electrons. The van der Waals surface area contributed by atoms with Crippen LogP contribution in [0.1, 0.15) is 0 Å². The molecule has 0 aliphatic carbocycles. The van der Waals surface area contributed by atoms with Crippen LogP contribution in [0.4, 0.5) is 0 Å². The number of benzene rings is 6. The zero-order valence-electron chi connectivity index (χ0n) is 24.4. The van der Waals surface area contributed by atoms with Gasteiger partial charge in [-0.25, -0.2) is 0 Å². The highest BCUT2D eigenvalue weighted by atomic mass is 31.1. The average Bonchev–Trinajstić information content (AvgIpc) is 3.77. The van der Waals surface area contributed by atoms with Crippen molar-refractivity contribution in [3.63, 3.8) is 0 Å². The Morgan fingerprint density at radius 1 is 0.356 bits per heavy atom. The zero-order chi connectivity index (χ0) is 29.3. The third-order valence-electron chi connectivity index (χ3n) is 7.82. The minimum absolute atomic E-state index is 0. The quantitative estimate of drug-likeness (QED) is 0.163. The van der Waals surface area contributed by atoms with Gasteiger partial charge >= 0.3 is 0 Å². The van der Waals surface area contributed by atoms with Crippen molar-refractivity contribution in [1.29, 1.82) is 0 Å². The second-order valence-electron chi connectivity index (χ2n) is 10.4. The molecule has 0 spiro atoms. The van der Waals surface area contributed by atoms with E-state index in [0.29, 0.717) is 0 Å². The molecule has 0 unspecified atom stereocenters. The summed E-state index contributed by atoms with van der Waals surface area (Å²) in [4.78, 5) is 0. The summed E-state index contributed by atoms with van der Waals surface area (Å²) in [7, 11) is -1.94. The summed E-state index contributed by atoms with van der Waals surface area (Å²) in [6.45, 7) is 0.350. The highest BCUT2D eigenvalue weighted by Gasteiger charge is 2.35. The highest BCUT2D eigenvalue weighted by Crippen LogP contribution is 2.53. The van der Waals surface area contributed by atoms with Crippen molar-refractivity contribution >= 4 is 56.1 Å². The van der Waals surface area contributed by atoms with Gasteiger partial charge in [-0.3, -0.25) is 0 Å². The van der Waals surface area contributed by atoms with E-state index in [1.54, 1.807) is 0 Å². The van der Waals surface area contributed by atoms with Gasteiger partial charge in [0.2, 0.25) is 13.6 Å². The molecule has 0 atom stereocenters. The van der Waals surface area contributed by atoms with Crippen LogP contribution in [0.3, 0.4) is 0 Å². The third-order valence-corrected chi connectivity index (χ3v) is 12.8. The van der Waals surface area contributed by atoms with Gasteiger partial charge in [0.25, 0.3) is 0 Å². The molecule has 0 N–H and O–H groups in total. The Balaban J connectivity index is 0.00000325. The van der Waals surface area contributed by atoms with E-state index < -0.39 is 15.8 Å². The number of hydrogen-bond acceptors (Lipinski definition) is 4. The lowest BCUT2D eigenvalue weighted by Gasteiger charge is -2.27. The Bertz CT molecular complexity index is 1700. The topological polar surface area (TPSA) is 36.9 Å². The van der Waals surface area contributed by atoms with Gasteiger partial charge in [-0.15, -0.1) is 0 Å². The zero-order valence-corrected chi connectivity index (χ0v) is 26.2. The maximum atomic E-state index is 6.35. The fraction of sp³-hybridized carbons (Fsp3) is 0.0526. The molecule has 2 aliphatic heterocycles. The van der Waals surface area contributed by atoms with Crippen molar-refractivity contribution in [2.45, 2.75) is 0 Å². The van der Waals surface area contributed by atoms with Gasteiger partial charge < -0.3 is 18.9 Å². The van der Waals surface area contributed by atoms with Crippen LogP contribution in [-0.2, 0) is 0 Å². The second-order valence-corrected chi connectivity index (χ2v) is 14.8. The van der Waals surface area contributed by atoms with Crippen molar-refractivity contribution in [1.82, 2.24) is 0 Å². The van der Waals surface area contributed by atoms with Gasteiger partial charge in [0, 0.05) is 19.5 Å². The van der Waals surface area contributed by atoms with Crippen molar-refractivity contribution in [2.75, 3.05) is 13.6 Å². The van der Waals surface area contributed by atoms with Crippen LogP contribution < -0.4 is 50.8 Å². The van der Waals surface area contributed by atoms with Crippen molar-refractivity contribution in [3.05, 3.63) is 146 Å². The van der Waals surface area contributed by atoms with E-state index in [0.717, 1.165) is 34.1 Å². The molecular formula is C38H28BO4P2. The van der Waals surface area contributed by atoms with E-state index in [9.17, 15) is 0 Å². The maximum Gasteiger partial charge on any atom is 0.231 e. The largest absolute Gasteiger partial charge is 0.454 e. The Labute approximate surface area is 267 Å². The van der Waals surface area contributed by atoms with Gasteiger partial charge in [-0.2, -0.15) is 0 Å². The maximum absolute atomic E-state index is 6.35. The second kappa shape index (κ2) is 12.8. The molecule has 0 aromatic heterocycles. The molecule has 6 aromatic rings. The third kappa shape index (κ3) is 5.37. The lowest BCUT2D eigenvalue weighted by atomic mass is 10.0. The monoisotopic (exact) mass is 621 g/mol. The minimum Gasteiger partial charge on any atom is -0.454 e. The first kappa shape index (κ1) is 29.2. The summed E-state index contributed by atoms with van der Waals surface area (Å²) in [5.74, 6) is 2.99. The average molecular weight is 621 g/mol. The van der Waals surface area contributed by atoms with E-state index in [1.807, 2.05) is 0 Å². The first-order valence-corrected chi connectivity index (χ1v) is 17.2. The predicted molar refractivity (Wildman–Crippen MR) is 187 cm³/mol. The summed E-state index contributed by atoms with van der Waals surface area (Å²) >= 11 is 0. The number of hydrogen-bond donors (Lipinski definition) is 0. The van der Waals surface area contributed by atoms with E-state index in [1.165, 1.54) is 31.8 Å². The lowest BCUT2D eigenvalue weighted by Crippen LogP contribution is -2.26. The van der Waals surface area contributed by atoms with Crippen LogP contribution in [-0.4, -0.2) is 22.0 Å². The summed E-state index contributed by atoms with van der Waals surface area (Å²) in [5, 5.41) is 7.40. The summed E-state index contributed by atoms with van der Waals surface area (Å²) in [6, 6.07) is 51.6. The number of fused-ring (bicyclic) bond motifs is 2. The van der Waals surface area contributed by atoms with Crippen LogP contribution in [0.25, 0.3) is 11.1 Å². The SMILES string of the molecule is [B].c1ccc(P(c2ccccc2)c2ccc3c(c2-c2c(P(c4ccccc4)c4ccccc4)ccc4c2OCO4)OCO3)cc1. The van der Waals surface area contributed by atoms with Crippen LogP contribution in [0.2, 0.25) is 0 Å². The molecule has 0 fully saturated rings. The van der Waals surface area contributed by atoms with Gasteiger partial charge in [0.05, 0.1) is 0 Å². The fourth-order valence-corrected chi connectivity index (χ4v) is 10.9. The van der Waals surface area contributed by atoms with E-state index in [-0.39, 0.29) is 22.0 Å². The molecule has 0 amide bonds. The van der Waals surface area contributed by atoms with Gasteiger partial charge in [-0.1, -0.05) is 121 Å². The summed E-state index contributed by atoms with van der Waals surface area (Å²) < 4.78 is 24.7. The van der Waals surface area contributed by atoms with Crippen molar-refractivity contribution in [3.8, 4) is 34.1 Å². The Morgan fingerprint density at radius 3 is 0.978 bits per heavy atom. The van der Waals surface area contributed by atoms with Gasteiger partial charge in [0.15, 0.2) is 23.0 Å². The smallest absolute Gasteiger partial charge is 0.231 e. The van der Waals surface area contributed by atoms with E-state index in [2.05, 4.69) is 146 Å². The molecule has 2 aliphatic rings. The molecule has 4 nitrogen and oxygen atoms in total. The Hall–Kier alpha value is -4.56. The lowest BCUT2D eigenvalue weighted by molar-refractivity contribution is 0.173. The standard InChI is InChI=1S/C38H28O4P2.B/c1-5-13-27(14-6-1)43(28-15-7-2-8-16-28)33-23-21-31-37(41-25-39-31)35(33)36-34(24-22-32-38(36)42-26-40-32)44(29-17-9-3-10-18-29)30-19-11-4-12-20-30;/h1-24H,25-26H2;. The summed E-state index contributed by atoms with van der Waals surface area (Å²) in [5.41, 5.74) is 2.02. The molecule has 8 rings (SSSR count). The number of rotatable bonds is 7.